The zero-order valence-electron chi connectivity index (χ0n) is 16.8. The van der Waals surface area contributed by atoms with Crippen molar-refractivity contribution < 1.29 is 23.5 Å². The lowest BCUT2D eigenvalue weighted by molar-refractivity contribution is -0.144. The molecule has 0 aliphatic rings. The summed E-state index contributed by atoms with van der Waals surface area (Å²) < 4.78 is 16.7. The molecule has 5 nitrogen and oxygen atoms in total. The Labute approximate surface area is 157 Å². The first kappa shape index (κ1) is 22.0. The molecule has 0 aliphatic carbocycles. The first-order chi connectivity index (χ1) is 12.0. The fraction of sp³-hybridized carbons (Fsp3) is 0.500. The van der Waals surface area contributed by atoms with Crippen LogP contribution in [0.3, 0.4) is 0 Å². The van der Waals surface area contributed by atoms with E-state index in [1.165, 1.54) is 6.08 Å². The molecular formula is C20H30O5Si. The average molecular weight is 379 g/mol. The van der Waals surface area contributed by atoms with Gasteiger partial charge in [0.1, 0.15) is 6.42 Å². The Morgan fingerprint density at radius 2 is 1.85 bits per heavy atom. The summed E-state index contributed by atoms with van der Waals surface area (Å²) in [5, 5.41) is 0.0224. The minimum Gasteiger partial charge on any atom is -0.541 e. The molecule has 1 aromatic carbocycles. The summed E-state index contributed by atoms with van der Waals surface area (Å²) in [6, 6.07) is 5.53. The predicted octanol–water partition coefficient (Wildman–Crippen LogP) is 4.61. The summed E-state index contributed by atoms with van der Waals surface area (Å²) >= 11 is 0. The second-order valence-corrected chi connectivity index (χ2v) is 12.2. The SMILES string of the molecule is CCOC(=O)CC(=O)C=Cc1cccc(OC)c1O[Si](C)(C)C(C)(C)C. The maximum atomic E-state index is 12.0. The molecule has 0 atom stereocenters. The Hall–Kier alpha value is -2.08. The van der Waals surface area contributed by atoms with Crippen LogP contribution in [0.1, 0.15) is 39.7 Å². The largest absolute Gasteiger partial charge is 0.541 e. The Kier molecular flexibility index (Phi) is 7.63. The van der Waals surface area contributed by atoms with Gasteiger partial charge in [-0.1, -0.05) is 32.9 Å². The van der Waals surface area contributed by atoms with Crippen LogP contribution in [0, 0.1) is 0 Å². The third-order valence-corrected chi connectivity index (χ3v) is 8.79. The molecule has 0 aliphatic heterocycles. The van der Waals surface area contributed by atoms with E-state index in [1.807, 2.05) is 18.2 Å². The molecular weight excluding hydrogens is 348 g/mol. The highest BCUT2D eigenvalue weighted by Gasteiger charge is 2.39. The van der Waals surface area contributed by atoms with Crippen molar-refractivity contribution >= 4 is 26.1 Å². The lowest BCUT2D eigenvalue weighted by Crippen LogP contribution is -2.44. The third kappa shape index (κ3) is 6.02. The molecule has 0 fully saturated rings. The van der Waals surface area contributed by atoms with Gasteiger partial charge in [-0.3, -0.25) is 9.59 Å². The summed E-state index contributed by atoms with van der Waals surface area (Å²) in [5.41, 5.74) is 0.742. The summed E-state index contributed by atoms with van der Waals surface area (Å²) in [7, 11) is -0.500. The maximum absolute atomic E-state index is 12.0. The number of allylic oxidation sites excluding steroid dienone is 1. The van der Waals surface area contributed by atoms with Crippen LogP contribution in [0.15, 0.2) is 24.3 Å². The topological polar surface area (TPSA) is 61.8 Å². The molecule has 0 N–H and O–H groups in total. The summed E-state index contributed by atoms with van der Waals surface area (Å²) in [5.74, 6) is 0.409. The molecule has 0 unspecified atom stereocenters. The van der Waals surface area contributed by atoms with Crippen LogP contribution >= 0.6 is 0 Å². The first-order valence-corrected chi connectivity index (χ1v) is 11.6. The van der Waals surface area contributed by atoms with Gasteiger partial charge >= 0.3 is 5.97 Å². The Morgan fingerprint density at radius 1 is 1.19 bits per heavy atom. The highest BCUT2D eigenvalue weighted by molar-refractivity contribution is 6.74. The number of hydrogen-bond acceptors (Lipinski definition) is 5. The molecule has 0 saturated carbocycles. The molecule has 0 saturated heterocycles. The molecule has 1 rings (SSSR count). The molecule has 0 aromatic heterocycles. The summed E-state index contributed by atoms with van der Waals surface area (Å²) in [4.78, 5) is 23.4. The van der Waals surface area contributed by atoms with Gasteiger partial charge in [-0.15, -0.1) is 0 Å². The molecule has 144 valence electrons. The van der Waals surface area contributed by atoms with Crippen LogP contribution in [0.4, 0.5) is 0 Å². The van der Waals surface area contributed by atoms with Crippen molar-refractivity contribution in [3.63, 3.8) is 0 Å². The number of esters is 1. The maximum Gasteiger partial charge on any atom is 0.313 e. The Morgan fingerprint density at radius 3 is 2.38 bits per heavy atom. The summed E-state index contributed by atoms with van der Waals surface area (Å²) in [6.45, 7) is 12.7. The molecule has 0 heterocycles. The number of benzene rings is 1. The lowest BCUT2D eigenvalue weighted by atomic mass is 10.1. The van der Waals surface area contributed by atoms with Gasteiger partial charge in [0.15, 0.2) is 17.3 Å². The second kappa shape index (κ2) is 9.03. The number of carbonyl (C=O) groups excluding carboxylic acids is 2. The van der Waals surface area contributed by atoms with Crippen molar-refractivity contribution in [2.45, 2.75) is 52.2 Å². The number of ether oxygens (including phenoxy) is 2. The predicted molar refractivity (Wildman–Crippen MR) is 106 cm³/mol. The Balaban J connectivity index is 3.11. The summed E-state index contributed by atoms with van der Waals surface area (Å²) in [6.07, 6.45) is 2.77. The van der Waals surface area contributed by atoms with Gasteiger partial charge in [-0.05, 0) is 43.3 Å². The monoisotopic (exact) mass is 378 g/mol. The van der Waals surface area contributed by atoms with Crippen LogP contribution < -0.4 is 9.16 Å². The van der Waals surface area contributed by atoms with E-state index in [1.54, 1.807) is 20.1 Å². The van der Waals surface area contributed by atoms with Crippen LogP contribution in [0.25, 0.3) is 6.08 Å². The van der Waals surface area contributed by atoms with E-state index in [2.05, 4.69) is 33.9 Å². The minimum atomic E-state index is -2.09. The van der Waals surface area contributed by atoms with Crippen molar-refractivity contribution in [3.05, 3.63) is 29.8 Å². The van der Waals surface area contributed by atoms with Gasteiger partial charge in [-0.25, -0.2) is 0 Å². The van der Waals surface area contributed by atoms with E-state index in [0.717, 1.165) is 5.56 Å². The van der Waals surface area contributed by atoms with E-state index < -0.39 is 14.3 Å². The van der Waals surface area contributed by atoms with Gasteiger partial charge < -0.3 is 13.9 Å². The van der Waals surface area contributed by atoms with E-state index >= 15 is 0 Å². The van der Waals surface area contributed by atoms with Crippen molar-refractivity contribution in [3.8, 4) is 11.5 Å². The standard InChI is InChI=1S/C20H30O5Si/c1-8-24-18(22)14-16(21)13-12-15-10-9-11-17(23-5)19(15)25-26(6,7)20(2,3)4/h9-13H,8,14H2,1-7H3. The first-order valence-electron chi connectivity index (χ1n) is 8.74. The minimum absolute atomic E-state index is 0.0224. The zero-order valence-corrected chi connectivity index (χ0v) is 17.8. The van der Waals surface area contributed by atoms with E-state index in [4.69, 9.17) is 13.9 Å². The van der Waals surface area contributed by atoms with Crippen molar-refractivity contribution in [1.82, 2.24) is 0 Å². The molecule has 26 heavy (non-hydrogen) atoms. The number of carbonyl (C=O) groups is 2. The van der Waals surface area contributed by atoms with Crippen LogP contribution in [-0.4, -0.2) is 33.8 Å². The van der Waals surface area contributed by atoms with Crippen LogP contribution in [0.2, 0.25) is 18.1 Å². The van der Waals surface area contributed by atoms with Crippen molar-refractivity contribution in [1.29, 1.82) is 0 Å². The van der Waals surface area contributed by atoms with Gasteiger partial charge in [0.05, 0.1) is 13.7 Å². The normalized spacial score (nSPS) is 12.1. The fourth-order valence-electron chi connectivity index (χ4n) is 1.94. The molecule has 0 spiro atoms. The molecule has 6 heteroatoms. The highest BCUT2D eigenvalue weighted by atomic mass is 28.4. The van der Waals surface area contributed by atoms with Crippen molar-refractivity contribution in [2.24, 2.45) is 0 Å². The number of rotatable bonds is 8. The quantitative estimate of drug-likeness (QED) is 0.286. The lowest BCUT2D eigenvalue weighted by Gasteiger charge is -2.37. The van der Waals surface area contributed by atoms with Gasteiger partial charge in [0.2, 0.25) is 0 Å². The second-order valence-electron chi connectivity index (χ2n) is 7.52. The number of para-hydroxylation sites is 1. The van der Waals surface area contributed by atoms with E-state index in [0.29, 0.717) is 11.5 Å². The van der Waals surface area contributed by atoms with Gasteiger partial charge in [0.25, 0.3) is 8.32 Å². The molecule has 0 radical (unpaired) electrons. The number of ketones is 1. The van der Waals surface area contributed by atoms with Crippen LogP contribution in [-0.2, 0) is 14.3 Å². The van der Waals surface area contributed by atoms with E-state index in [-0.39, 0.29) is 23.8 Å². The average Bonchev–Trinajstić information content (AvgIpc) is 2.52. The zero-order chi connectivity index (χ0) is 20.0. The van der Waals surface area contributed by atoms with Gasteiger partial charge in [0, 0.05) is 5.56 Å². The third-order valence-electron chi connectivity index (χ3n) is 4.47. The highest BCUT2D eigenvalue weighted by Crippen LogP contribution is 2.41. The number of hydrogen-bond donors (Lipinski definition) is 0. The molecule has 0 amide bonds. The van der Waals surface area contributed by atoms with Crippen molar-refractivity contribution in [2.75, 3.05) is 13.7 Å². The van der Waals surface area contributed by atoms with E-state index in [9.17, 15) is 9.59 Å². The fourth-order valence-corrected chi connectivity index (χ4v) is 2.97. The smallest absolute Gasteiger partial charge is 0.313 e. The van der Waals surface area contributed by atoms with Crippen LogP contribution in [0.5, 0.6) is 11.5 Å². The Bertz CT molecular complexity index is 671. The number of methoxy groups -OCH3 is 1. The molecule has 1 aromatic rings. The van der Waals surface area contributed by atoms with Gasteiger partial charge in [-0.2, -0.15) is 0 Å². The molecule has 0 bridgehead atoms.